The summed E-state index contributed by atoms with van der Waals surface area (Å²) in [6.45, 7) is 7.04. The number of amides is 3. The fraction of sp³-hybridized carbons (Fsp3) is 0.276. The number of alkyl carbamates (subject to hydrolysis) is 1. The second-order valence-electron chi connectivity index (χ2n) is 10.1. The molecule has 7 heteroatoms. The second kappa shape index (κ2) is 9.15. The Bertz CT molecular complexity index is 1290. The Labute approximate surface area is 211 Å². The van der Waals surface area contributed by atoms with Gasteiger partial charge in [-0.05, 0) is 44.9 Å². The van der Waals surface area contributed by atoms with Gasteiger partial charge >= 0.3 is 6.09 Å². The number of carbonyl (C=O) groups is 3. The molecule has 1 heterocycles. The highest BCUT2D eigenvalue weighted by atomic mass is 16.6. The number of hydrogen-bond acceptors (Lipinski definition) is 4. The summed E-state index contributed by atoms with van der Waals surface area (Å²) >= 11 is 0. The summed E-state index contributed by atoms with van der Waals surface area (Å²) in [6.07, 6.45) is -0.823. The molecule has 3 aromatic carbocycles. The van der Waals surface area contributed by atoms with Gasteiger partial charge in [-0.15, -0.1) is 0 Å². The van der Waals surface area contributed by atoms with Crippen LogP contribution in [0.4, 0.5) is 10.5 Å². The number of nitrogens with one attached hydrogen (secondary N) is 1. The van der Waals surface area contributed by atoms with Crippen LogP contribution in [0, 0.1) is 0 Å². The molecule has 0 spiro atoms. The molecular weight excluding hydrogens is 454 g/mol. The number of hydrogen-bond donors (Lipinski definition) is 2. The zero-order chi connectivity index (χ0) is 26.1. The van der Waals surface area contributed by atoms with Crippen molar-refractivity contribution in [2.24, 2.45) is 5.73 Å². The van der Waals surface area contributed by atoms with Crippen LogP contribution in [0.5, 0.6) is 0 Å². The van der Waals surface area contributed by atoms with E-state index in [9.17, 15) is 14.4 Å². The van der Waals surface area contributed by atoms with Gasteiger partial charge in [0.1, 0.15) is 11.0 Å². The number of rotatable bonds is 6. The summed E-state index contributed by atoms with van der Waals surface area (Å²) in [6, 6.07) is 25.5. The Morgan fingerprint density at radius 3 is 2.03 bits per heavy atom. The van der Waals surface area contributed by atoms with Crippen LogP contribution in [0.1, 0.15) is 44.4 Å². The third-order valence-electron chi connectivity index (χ3n) is 6.63. The molecule has 3 N–H and O–H groups in total. The standard InChI is InChI=1S/C29H31N3O4/c1-27(2,3)36-26(35)31-29(28(4,24(30)33)21-15-9-6-10-16-21)22-17-11-12-18-23(22)32(25(29)34)19-20-13-7-5-8-14-20/h5-18H,19H2,1-4H3,(H2,30,33)(H,31,35)/t28-,29+/m1/s1. The van der Waals surface area contributed by atoms with Crippen molar-refractivity contribution in [1.82, 2.24) is 5.32 Å². The molecule has 0 aromatic heterocycles. The maximum atomic E-state index is 14.6. The third-order valence-corrected chi connectivity index (χ3v) is 6.63. The molecule has 36 heavy (non-hydrogen) atoms. The van der Waals surface area contributed by atoms with Crippen molar-refractivity contribution in [2.75, 3.05) is 4.90 Å². The highest BCUT2D eigenvalue weighted by molar-refractivity contribution is 6.14. The molecule has 7 nitrogen and oxygen atoms in total. The maximum Gasteiger partial charge on any atom is 0.408 e. The van der Waals surface area contributed by atoms with Gasteiger partial charge in [0.2, 0.25) is 5.91 Å². The van der Waals surface area contributed by atoms with Crippen LogP contribution in [-0.2, 0) is 31.8 Å². The molecule has 4 rings (SSSR count). The molecule has 3 aromatic rings. The monoisotopic (exact) mass is 485 g/mol. The van der Waals surface area contributed by atoms with Gasteiger partial charge in [-0.2, -0.15) is 0 Å². The number of para-hydroxylation sites is 1. The van der Waals surface area contributed by atoms with Crippen molar-refractivity contribution < 1.29 is 19.1 Å². The summed E-state index contributed by atoms with van der Waals surface area (Å²) < 4.78 is 5.58. The molecule has 0 saturated heterocycles. The first-order valence-corrected chi connectivity index (χ1v) is 11.8. The van der Waals surface area contributed by atoms with Crippen LogP contribution in [0.2, 0.25) is 0 Å². The predicted molar refractivity (Wildman–Crippen MR) is 138 cm³/mol. The summed E-state index contributed by atoms with van der Waals surface area (Å²) in [4.78, 5) is 42.8. The van der Waals surface area contributed by atoms with Crippen LogP contribution in [0.3, 0.4) is 0 Å². The van der Waals surface area contributed by atoms with E-state index >= 15 is 0 Å². The molecule has 186 valence electrons. The first-order chi connectivity index (χ1) is 17.0. The zero-order valence-electron chi connectivity index (χ0n) is 20.9. The first kappa shape index (κ1) is 25.0. The number of nitrogens with two attached hydrogens (primary N) is 1. The van der Waals surface area contributed by atoms with Gasteiger partial charge in [0, 0.05) is 5.56 Å². The number of primary amides is 1. The van der Waals surface area contributed by atoms with Crippen molar-refractivity contribution in [1.29, 1.82) is 0 Å². The van der Waals surface area contributed by atoms with E-state index in [4.69, 9.17) is 10.5 Å². The predicted octanol–water partition coefficient (Wildman–Crippen LogP) is 4.40. The molecule has 1 aliphatic rings. The molecular formula is C29H31N3O4. The molecule has 0 unspecified atom stereocenters. The third kappa shape index (κ3) is 4.11. The van der Waals surface area contributed by atoms with E-state index in [1.165, 1.54) is 0 Å². The molecule has 0 aliphatic carbocycles. The number of nitrogens with zero attached hydrogens (tertiary/aromatic N) is 1. The SMILES string of the molecule is CC(C)(C)OC(=O)N[C@]1([C@@](C)(C(N)=O)c2ccccc2)C(=O)N(Cc2ccccc2)c2ccccc21. The molecule has 0 fully saturated rings. The quantitative estimate of drug-likeness (QED) is 0.540. The summed E-state index contributed by atoms with van der Waals surface area (Å²) in [5.74, 6) is -1.22. The minimum absolute atomic E-state index is 0.248. The summed E-state index contributed by atoms with van der Waals surface area (Å²) in [7, 11) is 0. The average Bonchev–Trinajstić information content (AvgIpc) is 3.07. The Kier molecular flexibility index (Phi) is 6.35. The molecule has 2 atom stereocenters. The van der Waals surface area contributed by atoms with Gasteiger partial charge in [-0.1, -0.05) is 78.9 Å². The van der Waals surface area contributed by atoms with Crippen molar-refractivity contribution in [3.05, 3.63) is 102 Å². The fourth-order valence-electron chi connectivity index (χ4n) is 4.88. The van der Waals surface area contributed by atoms with E-state index in [0.29, 0.717) is 16.8 Å². The van der Waals surface area contributed by atoms with Gasteiger partial charge in [0.05, 0.1) is 12.2 Å². The number of ether oxygens (including phenoxy) is 1. The van der Waals surface area contributed by atoms with E-state index in [1.807, 2.05) is 42.5 Å². The van der Waals surface area contributed by atoms with Crippen LogP contribution in [0.25, 0.3) is 0 Å². The lowest BCUT2D eigenvalue weighted by Crippen LogP contribution is -2.68. The Balaban J connectivity index is 1.98. The van der Waals surface area contributed by atoms with E-state index in [0.717, 1.165) is 5.56 Å². The van der Waals surface area contributed by atoms with E-state index < -0.39 is 34.5 Å². The number of anilines is 1. The minimum atomic E-state index is -1.85. The highest BCUT2D eigenvalue weighted by Gasteiger charge is 2.66. The normalized spacial score (nSPS) is 18.8. The lowest BCUT2D eigenvalue weighted by atomic mass is 9.63. The smallest absolute Gasteiger partial charge is 0.408 e. The van der Waals surface area contributed by atoms with Crippen LogP contribution < -0.4 is 16.0 Å². The largest absolute Gasteiger partial charge is 0.444 e. The lowest BCUT2D eigenvalue weighted by molar-refractivity contribution is -0.136. The molecule has 0 radical (unpaired) electrons. The zero-order valence-corrected chi connectivity index (χ0v) is 20.9. The second-order valence-corrected chi connectivity index (χ2v) is 10.1. The Morgan fingerprint density at radius 2 is 1.44 bits per heavy atom. The summed E-state index contributed by atoms with van der Waals surface area (Å²) in [5, 5.41) is 2.84. The number of fused-ring (bicyclic) bond motifs is 1. The van der Waals surface area contributed by atoms with E-state index in [-0.39, 0.29) is 6.54 Å². The summed E-state index contributed by atoms with van der Waals surface area (Å²) in [5.41, 5.74) is 4.22. The maximum absolute atomic E-state index is 14.6. The lowest BCUT2D eigenvalue weighted by Gasteiger charge is -2.44. The topological polar surface area (TPSA) is 102 Å². The number of carbonyl (C=O) groups excluding carboxylic acids is 3. The van der Waals surface area contributed by atoms with E-state index in [1.54, 1.807) is 75.1 Å². The molecule has 3 amide bonds. The average molecular weight is 486 g/mol. The van der Waals surface area contributed by atoms with E-state index in [2.05, 4.69) is 5.32 Å². The van der Waals surface area contributed by atoms with Gasteiger partial charge in [0.15, 0.2) is 5.54 Å². The molecule has 0 saturated carbocycles. The van der Waals surface area contributed by atoms with Gasteiger partial charge in [-0.25, -0.2) is 4.79 Å². The first-order valence-electron chi connectivity index (χ1n) is 11.8. The van der Waals surface area contributed by atoms with Gasteiger partial charge in [0.25, 0.3) is 5.91 Å². The molecule has 0 bridgehead atoms. The fourth-order valence-corrected chi connectivity index (χ4v) is 4.88. The van der Waals surface area contributed by atoms with Crippen molar-refractivity contribution in [3.63, 3.8) is 0 Å². The van der Waals surface area contributed by atoms with Crippen LogP contribution in [-0.4, -0.2) is 23.5 Å². The minimum Gasteiger partial charge on any atom is -0.444 e. The highest BCUT2D eigenvalue weighted by Crippen LogP contribution is 2.52. The van der Waals surface area contributed by atoms with Gasteiger partial charge < -0.3 is 20.7 Å². The van der Waals surface area contributed by atoms with Gasteiger partial charge in [-0.3, -0.25) is 9.59 Å². The van der Waals surface area contributed by atoms with Crippen LogP contribution in [0.15, 0.2) is 84.9 Å². The van der Waals surface area contributed by atoms with Crippen molar-refractivity contribution in [2.45, 2.75) is 50.8 Å². The van der Waals surface area contributed by atoms with Crippen LogP contribution >= 0.6 is 0 Å². The van der Waals surface area contributed by atoms with Crippen molar-refractivity contribution >= 4 is 23.6 Å². The van der Waals surface area contributed by atoms with Crippen molar-refractivity contribution in [3.8, 4) is 0 Å². The Morgan fingerprint density at radius 1 is 0.889 bits per heavy atom. The number of benzene rings is 3. The Hall–Kier alpha value is -4.13. The molecule has 1 aliphatic heterocycles.